The number of unbranched alkanes of at least 4 members (excludes halogenated alkanes) is 1. The Morgan fingerprint density at radius 2 is 1.84 bits per heavy atom. The van der Waals surface area contributed by atoms with E-state index in [4.69, 9.17) is 9.47 Å². The van der Waals surface area contributed by atoms with Crippen molar-refractivity contribution in [2.24, 2.45) is 0 Å². The number of hydrogen-bond donors (Lipinski definition) is 3. The third-order valence-corrected chi connectivity index (χ3v) is 8.72. The van der Waals surface area contributed by atoms with Crippen LogP contribution in [-0.2, 0) is 38.7 Å². The molecule has 0 saturated carbocycles. The lowest BCUT2D eigenvalue weighted by atomic mass is 10.0. The topological polar surface area (TPSA) is 212 Å². The van der Waals surface area contributed by atoms with Crippen molar-refractivity contribution >= 4 is 41.3 Å². The zero-order valence-electron chi connectivity index (χ0n) is 26.8. The van der Waals surface area contributed by atoms with E-state index in [9.17, 15) is 33.6 Å². The predicted molar refractivity (Wildman–Crippen MR) is 167 cm³/mol. The average Bonchev–Trinajstić information content (AvgIpc) is 3.70. The summed E-state index contributed by atoms with van der Waals surface area (Å²) in [4.78, 5) is 91.5. The number of benzene rings is 1. The highest BCUT2D eigenvalue weighted by Gasteiger charge is 2.46. The maximum Gasteiger partial charge on any atom is 0.355 e. The molecule has 2 aliphatic heterocycles. The Bertz CT molecular complexity index is 1860. The van der Waals surface area contributed by atoms with Gasteiger partial charge in [-0.3, -0.25) is 43.7 Å². The highest BCUT2D eigenvalue weighted by atomic mass is 16.5. The van der Waals surface area contributed by atoms with Gasteiger partial charge in [-0.2, -0.15) is 0 Å². The highest BCUT2D eigenvalue weighted by molar-refractivity contribution is 6.24. The van der Waals surface area contributed by atoms with Gasteiger partial charge < -0.3 is 19.8 Å². The minimum atomic E-state index is -1.11. The third-order valence-electron chi connectivity index (χ3n) is 8.72. The molecule has 5 amide bonds. The maximum atomic E-state index is 13.2. The van der Waals surface area contributed by atoms with Crippen molar-refractivity contribution in [3.63, 3.8) is 0 Å². The molecule has 0 radical (unpaired) electrons. The largest absolute Gasteiger partial charge is 0.483 e. The van der Waals surface area contributed by atoms with Crippen LogP contribution in [0.3, 0.4) is 0 Å². The van der Waals surface area contributed by atoms with Crippen LogP contribution >= 0.6 is 0 Å². The van der Waals surface area contributed by atoms with Gasteiger partial charge in [-0.1, -0.05) is 11.3 Å². The lowest BCUT2D eigenvalue weighted by Gasteiger charge is -2.27. The molecule has 3 aliphatic rings. The minimum absolute atomic E-state index is 0.00586. The van der Waals surface area contributed by atoms with Gasteiger partial charge in [-0.05, 0) is 63.1 Å². The molecule has 3 aromatic rings. The maximum absolute atomic E-state index is 13.2. The first-order chi connectivity index (χ1) is 23.6. The summed E-state index contributed by atoms with van der Waals surface area (Å²) < 4.78 is 12.7. The number of ether oxygens (including phenoxy) is 2. The fraction of sp³-hybridized carbons (Fsp3) is 0.424. The summed E-state index contributed by atoms with van der Waals surface area (Å²) >= 11 is 0. The summed E-state index contributed by atoms with van der Waals surface area (Å²) in [6.45, 7) is 2.16. The van der Waals surface area contributed by atoms with Gasteiger partial charge in [0.15, 0.2) is 12.4 Å². The Morgan fingerprint density at radius 3 is 2.65 bits per heavy atom. The van der Waals surface area contributed by atoms with Gasteiger partial charge in [-0.25, -0.2) is 4.79 Å². The van der Waals surface area contributed by atoms with Crippen molar-refractivity contribution in [2.75, 3.05) is 13.2 Å². The van der Waals surface area contributed by atoms with Crippen LogP contribution < -0.4 is 15.4 Å². The third kappa shape index (κ3) is 6.98. The number of piperidine rings is 1. The van der Waals surface area contributed by atoms with E-state index < -0.39 is 48.2 Å². The number of amides is 5. The van der Waals surface area contributed by atoms with Gasteiger partial charge in [0, 0.05) is 37.2 Å². The Kier molecular flexibility index (Phi) is 9.64. The molecule has 1 fully saturated rings. The van der Waals surface area contributed by atoms with E-state index in [2.05, 4.69) is 25.9 Å². The zero-order valence-corrected chi connectivity index (χ0v) is 26.8. The molecule has 6 rings (SSSR count). The number of imide groups is 2. The van der Waals surface area contributed by atoms with E-state index >= 15 is 0 Å². The molecule has 256 valence electrons. The van der Waals surface area contributed by atoms with Crippen LogP contribution in [0.5, 0.6) is 5.75 Å². The van der Waals surface area contributed by atoms with E-state index in [0.29, 0.717) is 61.4 Å². The molecule has 0 bridgehead atoms. The van der Waals surface area contributed by atoms with Gasteiger partial charge in [-0.15, -0.1) is 5.10 Å². The van der Waals surface area contributed by atoms with Crippen LogP contribution in [0.2, 0.25) is 0 Å². The van der Waals surface area contributed by atoms with Gasteiger partial charge in [0.1, 0.15) is 29.8 Å². The number of carbonyl (C=O) groups excluding carboxylic acids is 7. The lowest BCUT2D eigenvalue weighted by molar-refractivity contribution is -0.136. The molecule has 3 N–H and O–H groups in total. The monoisotopic (exact) mass is 673 g/mol. The number of hydrogen-bond acceptors (Lipinski definition) is 11. The van der Waals surface area contributed by atoms with Crippen LogP contribution in [0, 0.1) is 6.92 Å². The average molecular weight is 674 g/mol. The number of fused-ring (bicyclic) bond motifs is 2. The molecule has 4 heterocycles. The summed E-state index contributed by atoms with van der Waals surface area (Å²) in [6.07, 6.45) is 5.73. The van der Waals surface area contributed by atoms with Crippen molar-refractivity contribution in [2.45, 2.75) is 77.5 Å². The highest BCUT2D eigenvalue weighted by Crippen LogP contribution is 2.33. The second-order valence-electron chi connectivity index (χ2n) is 12.1. The molecule has 1 aliphatic carbocycles. The number of aryl methyl sites for hydroxylation is 2. The summed E-state index contributed by atoms with van der Waals surface area (Å²) in [5, 5.41) is 13.0. The molecule has 1 unspecified atom stereocenters. The lowest BCUT2D eigenvalue weighted by Crippen LogP contribution is -2.54. The fourth-order valence-corrected chi connectivity index (χ4v) is 6.34. The number of carbonyl (C=O) groups is 7. The first-order valence-electron chi connectivity index (χ1n) is 16.2. The quantitative estimate of drug-likeness (QED) is 0.109. The van der Waals surface area contributed by atoms with E-state index in [1.165, 1.54) is 18.2 Å². The van der Waals surface area contributed by atoms with Crippen LogP contribution in [0.25, 0.3) is 0 Å². The van der Waals surface area contributed by atoms with E-state index in [1.807, 2.05) is 0 Å². The number of nitrogens with zero attached hydrogens (tertiary/aromatic N) is 4. The van der Waals surface area contributed by atoms with E-state index in [-0.39, 0.29) is 42.1 Å². The zero-order chi connectivity index (χ0) is 34.7. The van der Waals surface area contributed by atoms with Crippen molar-refractivity contribution in [3.8, 4) is 5.75 Å². The molecule has 1 atom stereocenters. The second kappa shape index (κ2) is 14.2. The Morgan fingerprint density at radius 1 is 1.02 bits per heavy atom. The van der Waals surface area contributed by atoms with Crippen molar-refractivity contribution < 1.29 is 43.0 Å². The predicted octanol–water partition coefficient (Wildman–Crippen LogP) is 1.56. The van der Waals surface area contributed by atoms with Gasteiger partial charge in [0.25, 0.3) is 17.7 Å². The molecule has 16 heteroatoms. The van der Waals surface area contributed by atoms with E-state index in [0.717, 1.165) is 23.3 Å². The first-order valence-corrected chi connectivity index (χ1v) is 16.2. The number of aromatic nitrogens is 4. The summed E-state index contributed by atoms with van der Waals surface area (Å²) in [7, 11) is 0. The van der Waals surface area contributed by atoms with Crippen molar-refractivity contribution in [3.05, 3.63) is 63.7 Å². The number of H-pyrrole nitrogens is 1. The Balaban J connectivity index is 0.919. The number of nitrogens with one attached hydrogen (secondary N) is 3. The molecular weight excluding hydrogens is 638 g/mol. The van der Waals surface area contributed by atoms with Crippen LogP contribution in [0.4, 0.5) is 0 Å². The molecule has 1 saturated heterocycles. The molecule has 2 aromatic heterocycles. The number of aromatic amines is 1. The molecular formula is C33H35N7O9. The normalized spacial score (nSPS) is 17.4. The Hall–Kier alpha value is -5.67. The first kappa shape index (κ1) is 33.2. The molecule has 0 spiro atoms. The summed E-state index contributed by atoms with van der Waals surface area (Å²) in [5.74, 6) is -3.45. The van der Waals surface area contributed by atoms with Crippen LogP contribution in [0.15, 0.2) is 24.4 Å². The number of esters is 1. The summed E-state index contributed by atoms with van der Waals surface area (Å²) in [5.41, 5.74) is 2.82. The van der Waals surface area contributed by atoms with Crippen LogP contribution in [0.1, 0.15) is 103 Å². The SMILES string of the molecule is Cc1[nH]c(C(=O)OCc2cn(CCCCNC(=O)COc3cccc4c3C(=O)N(C3CCC(=O)NC3=O)C4=O)nn2)c2c1C(=O)CCCC2. The van der Waals surface area contributed by atoms with Gasteiger partial charge in [0.05, 0.1) is 17.3 Å². The molecule has 49 heavy (non-hydrogen) atoms. The van der Waals surface area contributed by atoms with Gasteiger partial charge >= 0.3 is 5.97 Å². The number of ketones is 1. The van der Waals surface area contributed by atoms with Gasteiger partial charge in [0.2, 0.25) is 11.8 Å². The van der Waals surface area contributed by atoms with Crippen molar-refractivity contribution in [1.29, 1.82) is 0 Å². The smallest absolute Gasteiger partial charge is 0.355 e. The van der Waals surface area contributed by atoms with Crippen molar-refractivity contribution in [1.82, 2.24) is 35.5 Å². The Labute approximate surface area is 279 Å². The van der Waals surface area contributed by atoms with Crippen LogP contribution in [-0.4, -0.2) is 85.4 Å². The summed E-state index contributed by atoms with van der Waals surface area (Å²) in [6, 6.07) is 3.33. The minimum Gasteiger partial charge on any atom is -0.483 e. The fourth-order valence-electron chi connectivity index (χ4n) is 6.34. The standard InChI is InChI=1S/C33H35N7O9/c1-18-27-20(7-2-3-9-23(27)41)29(35-18)33(47)49-16-19-15-39(38-37-19)14-5-4-13-34-26(43)17-48-24-10-6-8-21-28(24)32(46)40(31(21)45)22-11-12-25(42)36-30(22)44/h6,8,10,15,22,35H,2-5,7,9,11-14,16-17H2,1H3,(H,34,43)(H,36,42,44). The second-order valence-corrected chi connectivity index (χ2v) is 12.1. The molecule has 16 nitrogen and oxygen atoms in total. The number of Topliss-reactive ketones (excluding diaryl/α,β-unsaturated/α-hetero) is 1. The molecule has 1 aromatic carbocycles. The number of rotatable bonds is 12. The van der Waals surface area contributed by atoms with E-state index in [1.54, 1.807) is 17.8 Å².